The van der Waals surface area contributed by atoms with E-state index in [1.54, 1.807) is 54.3 Å². The molecule has 47 heavy (non-hydrogen) atoms. The molecule has 1 atom stereocenters. The molecule has 236 valence electrons. The first-order valence-corrected chi connectivity index (χ1v) is 15.4. The smallest absolute Gasteiger partial charge is 0.410 e. The molecule has 1 aliphatic rings. The van der Waals surface area contributed by atoms with E-state index in [2.05, 4.69) is 25.9 Å². The van der Waals surface area contributed by atoms with Crippen LogP contribution in [-0.4, -0.2) is 47.4 Å². The van der Waals surface area contributed by atoms with Crippen LogP contribution in [0.5, 0.6) is 5.75 Å². The first kappa shape index (κ1) is 29.9. The van der Waals surface area contributed by atoms with Crippen LogP contribution in [0.25, 0.3) is 32.6 Å². The molecule has 4 amide bonds. The maximum atomic E-state index is 13.9. The number of alkyl halides is 1. The largest absolute Gasteiger partial charge is 0.412 e. The molecule has 3 heterocycles. The zero-order valence-corrected chi connectivity index (χ0v) is 26.1. The molecule has 0 spiro atoms. The summed E-state index contributed by atoms with van der Waals surface area (Å²) in [6, 6.07) is 23.3. The van der Waals surface area contributed by atoms with Crippen molar-refractivity contribution >= 4 is 85.1 Å². The highest BCUT2D eigenvalue weighted by Crippen LogP contribution is 2.47. The van der Waals surface area contributed by atoms with Gasteiger partial charge in [0.15, 0.2) is 0 Å². The summed E-state index contributed by atoms with van der Waals surface area (Å²) >= 11 is 6.81. The third kappa shape index (κ3) is 5.50. The van der Waals surface area contributed by atoms with Crippen molar-refractivity contribution in [3.8, 4) is 5.75 Å². The fraction of sp³-hybridized carbons (Fsp3) is 0.143. The summed E-state index contributed by atoms with van der Waals surface area (Å²) in [5.74, 6) is -0.412. The number of carbonyl (C=O) groups excluding carboxylic acids is 4. The number of H-pyrrole nitrogens is 2. The number of anilines is 3. The topological polar surface area (TPSA) is 148 Å². The van der Waals surface area contributed by atoms with Crippen LogP contribution >= 0.6 is 11.6 Å². The molecule has 7 rings (SSSR count). The minimum absolute atomic E-state index is 0.0911. The van der Waals surface area contributed by atoms with Crippen molar-refractivity contribution in [3.05, 3.63) is 95.8 Å². The molecule has 4 aromatic carbocycles. The number of hydrogen-bond acceptors (Lipinski definition) is 5. The summed E-state index contributed by atoms with van der Waals surface area (Å²) in [6.07, 6.45) is -0.253. The summed E-state index contributed by atoms with van der Waals surface area (Å²) in [5.41, 5.74) is 4.73. The predicted octanol–water partition coefficient (Wildman–Crippen LogP) is 7.06. The van der Waals surface area contributed by atoms with Crippen LogP contribution in [0.15, 0.2) is 78.9 Å². The van der Waals surface area contributed by atoms with Crippen LogP contribution in [0, 0.1) is 0 Å². The summed E-state index contributed by atoms with van der Waals surface area (Å²) in [7, 11) is 1.48. The Morgan fingerprint density at radius 2 is 1.49 bits per heavy atom. The average molecular weight is 649 g/mol. The second-order valence-corrected chi connectivity index (χ2v) is 11.7. The molecule has 0 saturated carbocycles. The van der Waals surface area contributed by atoms with E-state index in [9.17, 15) is 19.2 Å². The van der Waals surface area contributed by atoms with Gasteiger partial charge in [-0.25, -0.2) is 4.79 Å². The van der Waals surface area contributed by atoms with Crippen molar-refractivity contribution in [1.29, 1.82) is 0 Å². The van der Waals surface area contributed by atoms with Crippen molar-refractivity contribution in [3.63, 3.8) is 0 Å². The maximum absolute atomic E-state index is 13.9. The van der Waals surface area contributed by atoms with Gasteiger partial charge in [0.25, 0.3) is 11.8 Å². The normalized spacial score (nSPS) is 13.9. The van der Waals surface area contributed by atoms with Gasteiger partial charge in [0.1, 0.15) is 17.1 Å². The summed E-state index contributed by atoms with van der Waals surface area (Å²) < 4.78 is 5.55. The Bertz CT molecular complexity index is 2260. The number of benzene rings is 4. The second kappa shape index (κ2) is 11.8. The third-order valence-corrected chi connectivity index (χ3v) is 8.56. The van der Waals surface area contributed by atoms with E-state index in [0.717, 1.165) is 27.2 Å². The van der Waals surface area contributed by atoms with E-state index >= 15 is 0 Å². The minimum Gasteiger partial charge on any atom is -0.410 e. The number of nitrogens with one attached hydrogen (secondary N) is 5. The van der Waals surface area contributed by atoms with Crippen LogP contribution < -0.4 is 25.6 Å². The number of aromatic nitrogens is 2. The molecule has 0 radical (unpaired) electrons. The van der Waals surface area contributed by atoms with Gasteiger partial charge in [-0.05, 0) is 53.9 Å². The summed E-state index contributed by atoms with van der Waals surface area (Å²) in [6.45, 7) is 2.01. The van der Waals surface area contributed by atoms with E-state index in [-0.39, 0.29) is 24.3 Å². The number of carbonyl (C=O) groups is 4. The molecule has 0 saturated heterocycles. The molecular weight excluding hydrogens is 620 g/mol. The zero-order valence-electron chi connectivity index (χ0n) is 25.4. The first-order chi connectivity index (χ1) is 22.7. The monoisotopic (exact) mass is 648 g/mol. The van der Waals surface area contributed by atoms with E-state index in [1.165, 1.54) is 7.05 Å². The molecule has 0 fully saturated rings. The SMILES string of the molecule is CCC(=O)Nc1ccc2[nH]c(C(=O)Nc3ccc4[nH]c(C(=O)N5CC(Cl)c6c5cc(OC(=O)NC)c5ccccc65)cc4c3)cc2c1. The van der Waals surface area contributed by atoms with Gasteiger partial charge in [-0.3, -0.25) is 14.4 Å². The number of amides is 4. The number of nitrogens with zero attached hydrogens (tertiary/aromatic N) is 1. The van der Waals surface area contributed by atoms with Gasteiger partial charge < -0.3 is 35.6 Å². The Morgan fingerprint density at radius 1 is 0.851 bits per heavy atom. The van der Waals surface area contributed by atoms with E-state index in [4.69, 9.17) is 16.3 Å². The van der Waals surface area contributed by atoms with Gasteiger partial charge in [0, 0.05) is 70.2 Å². The number of rotatable bonds is 6. The Labute approximate surface area is 273 Å². The Hall–Kier alpha value is -5.81. The second-order valence-electron chi connectivity index (χ2n) is 11.2. The molecular formula is C35H29ClN6O5. The van der Waals surface area contributed by atoms with Crippen molar-refractivity contribution in [2.24, 2.45) is 0 Å². The lowest BCUT2D eigenvalue weighted by atomic mass is 10.0. The zero-order chi connectivity index (χ0) is 32.8. The molecule has 2 aromatic heterocycles. The number of fused-ring (bicyclic) bond motifs is 5. The minimum atomic E-state index is -0.622. The van der Waals surface area contributed by atoms with Crippen molar-refractivity contribution in [1.82, 2.24) is 15.3 Å². The van der Waals surface area contributed by atoms with E-state index in [1.807, 2.05) is 36.4 Å². The number of aromatic amines is 2. The van der Waals surface area contributed by atoms with Crippen LogP contribution in [0.1, 0.15) is 45.3 Å². The number of halogens is 1. The first-order valence-electron chi connectivity index (χ1n) is 15.0. The van der Waals surface area contributed by atoms with Crippen molar-refractivity contribution in [2.75, 3.05) is 29.1 Å². The molecule has 0 aliphatic carbocycles. The van der Waals surface area contributed by atoms with E-state index < -0.39 is 11.5 Å². The summed E-state index contributed by atoms with van der Waals surface area (Å²) in [4.78, 5) is 58.8. The van der Waals surface area contributed by atoms with Gasteiger partial charge in [-0.1, -0.05) is 31.2 Å². The fourth-order valence-electron chi connectivity index (χ4n) is 5.93. The highest BCUT2D eigenvalue weighted by molar-refractivity contribution is 6.25. The Kier molecular flexibility index (Phi) is 7.53. The molecule has 1 unspecified atom stereocenters. The highest BCUT2D eigenvalue weighted by Gasteiger charge is 2.35. The number of ether oxygens (including phenoxy) is 1. The van der Waals surface area contributed by atoms with Crippen LogP contribution in [0.4, 0.5) is 21.9 Å². The lowest BCUT2D eigenvalue weighted by Gasteiger charge is -2.18. The van der Waals surface area contributed by atoms with Gasteiger partial charge in [-0.2, -0.15) is 0 Å². The maximum Gasteiger partial charge on any atom is 0.412 e. The van der Waals surface area contributed by atoms with Crippen LogP contribution in [0.2, 0.25) is 0 Å². The van der Waals surface area contributed by atoms with Crippen LogP contribution in [0.3, 0.4) is 0 Å². The third-order valence-electron chi connectivity index (χ3n) is 8.20. The Morgan fingerprint density at radius 3 is 2.17 bits per heavy atom. The van der Waals surface area contributed by atoms with Gasteiger partial charge in [0.05, 0.1) is 11.1 Å². The van der Waals surface area contributed by atoms with Crippen LogP contribution in [-0.2, 0) is 4.79 Å². The summed E-state index contributed by atoms with van der Waals surface area (Å²) in [5, 5.41) is 10.8. The standard InChI is InChI=1S/C35H29ClN6O5/c1-3-31(43)38-20-8-10-25-18(12-20)14-27(40-25)33(44)39-21-9-11-26-19(13-21)15-28(41-26)34(45)42-17-24(36)32-23-7-5-4-6-22(23)30(16-29(32)42)47-35(46)37-2/h4-16,24,40-41H,3,17H2,1-2H3,(H,37,46)(H,38,43)(H,39,44). The molecule has 11 nitrogen and oxygen atoms in total. The van der Waals surface area contributed by atoms with Crippen molar-refractivity contribution in [2.45, 2.75) is 18.7 Å². The molecule has 6 aromatic rings. The van der Waals surface area contributed by atoms with Gasteiger partial charge in [-0.15, -0.1) is 11.6 Å². The van der Waals surface area contributed by atoms with Gasteiger partial charge in [0.2, 0.25) is 5.91 Å². The fourth-order valence-corrected chi connectivity index (χ4v) is 6.30. The Balaban J connectivity index is 1.14. The lowest BCUT2D eigenvalue weighted by molar-refractivity contribution is -0.115. The van der Waals surface area contributed by atoms with Crippen molar-refractivity contribution < 1.29 is 23.9 Å². The molecule has 5 N–H and O–H groups in total. The number of hydrogen-bond donors (Lipinski definition) is 5. The quantitative estimate of drug-likeness (QED) is 0.123. The molecule has 0 bridgehead atoms. The average Bonchev–Trinajstić information content (AvgIpc) is 3.79. The van der Waals surface area contributed by atoms with E-state index in [0.29, 0.717) is 51.5 Å². The lowest BCUT2D eigenvalue weighted by Crippen LogP contribution is -2.29. The molecule has 12 heteroatoms. The molecule has 1 aliphatic heterocycles. The van der Waals surface area contributed by atoms with Gasteiger partial charge >= 0.3 is 6.09 Å². The highest BCUT2D eigenvalue weighted by atomic mass is 35.5. The predicted molar refractivity (Wildman–Crippen MR) is 183 cm³/mol.